The van der Waals surface area contributed by atoms with E-state index in [1.165, 1.54) is 18.3 Å². The Morgan fingerprint density at radius 1 is 1.50 bits per heavy atom. The first-order valence-electron chi connectivity index (χ1n) is 4.61. The van der Waals surface area contributed by atoms with E-state index in [4.69, 9.17) is 5.14 Å². The van der Waals surface area contributed by atoms with Crippen LogP contribution in [0.25, 0.3) is 0 Å². The second-order valence-electron chi connectivity index (χ2n) is 3.53. The van der Waals surface area contributed by atoms with Crippen LogP contribution >= 0.6 is 0 Å². The molecule has 0 radical (unpaired) electrons. The van der Waals surface area contributed by atoms with Crippen molar-refractivity contribution < 1.29 is 13.2 Å². The minimum absolute atomic E-state index is 0.0429. The van der Waals surface area contributed by atoms with Gasteiger partial charge in [-0.25, -0.2) is 18.5 Å². The van der Waals surface area contributed by atoms with Gasteiger partial charge in [-0.05, 0) is 26.0 Å². The van der Waals surface area contributed by atoms with E-state index in [1.807, 2.05) is 0 Å². The molecule has 0 aliphatic carbocycles. The summed E-state index contributed by atoms with van der Waals surface area (Å²) in [7, 11) is -3.99. The maximum Gasteiger partial charge on any atom is 0.256 e. The van der Waals surface area contributed by atoms with E-state index >= 15 is 0 Å². The van der Waals surface area contributed by atoms with Gasteiger partial charge in [0, 0.05) is 12.2 Å². The molecule has 0 aliphatic rings. The van der Waals surface area contributed by atoms with Crippen molar-refractivity contribution in [3.05, 3.63) is 23.9 Å². The van der Waals surface area contributed by atoms with Crippen LogP contribution in [0, 0.1) is 0 Å². The minimum atomic E-state index is -3.99. The third-order valence-electron chi connectivity index (χ3n) is 1.71. The van der Waals surface area contributed by atoms with Crippen LogP contribution < -0.4 is 10.5 Å². The Kier molecular flexibility index (Phi) is 3.61. The Hall–Kier alpha value is -1.47. The van der Waals surface area contributed by atoms with Gasteiger partial charge in [-0.1, -0.05) is 0 Å². The van der Waals surface area contributed by atoms with E-state index in [2.05, 4.69) is 10.3 Å². The summed E-state index contributed by atoms with van der Waals surface area (Å²) in [5, 5.41) is 7.12. The summed E-state index contributed by atoms with van der Waals surface area (Å²) in [4.78, 5) is 15.3. The van der Waals surface area contributed by atoms with Gasteiger partial charge < -0.3 is 5.32 Å². The fourth-order valence-electron chi connectivity index (χ4n) is 1.13. The molecule has 3 N–H and O–H groups in total. The topological polar surface area (TPSA) is 102 Å². The molecule has 1 aromatic heterocycles. The van der Waals surface area contributed by atoms with Crippen molar-refractivity contribution in [1.82, 2.24) is 10.3 Å². The number of aromatic nitrogens is 1. The Morgan fingerprint density at radius 3 is 2.62 bits per heavy atom. The van der Waals surface area contributed by atoms with Crippen LogP contribution in [0.4, 0.5) is 0 Å². The summed E-state index contributed by atoms with van der Waals surface area (Å²) in [6, 6.07) is 2.75. The molecule has 0 aromatic carbocycles. The highest BCUT2D eigenvalue weighted by atomic mass is 32.2. The van der Waals surface area contributed by atoms with Crippen LogP contribution in [0.15, 0.2) is 23.4 Å². The smallest absolute Gasteiger partial charge is 0.256 e. The Morgan fingerprint density at radius 2 is 2.12 bits per heavy atom. The van der Waals surface area contributed by atoms with Gasteiger partial charge in [-0.3, -0.25) is 4.79 Å². The summed E-state index contributed by atoms with van der Waals surface area (Å²) in [6.45, 7) is 3.54. The number of amides is 1. The molecule has 1 aromatic rings. The largest absolute Gasteiger partial charge is 0.350 e. The van der Waals surface area contributed by atoms with Crippen molar-refractivity contribution in [2.75, 3.05) is 0 Å². The quantitative estimate of drug-likeness (QED) is 0.771. The highest BCUT2D eigenvalue weighted by molar-refractivity contribution is 7.89. The van der Waals surface area contributed by atoms with Gasteiger partial charge in [0.25, 0.3) is 15.9 Å². The third-order valence-corrected chi connectivity index (χ3v) is 2.57. The predicted molar refractivity (Wildman–Crippen MR) is 58.2 cm³/mol. The second kappa shape index (κ2) is 4.58. The molecule has 88 valence electrons. The van der Waals surface area contributed by atoms with Crippen LogP contribution in [0.2, 0.25) is 0 Å². The zero-order valence-corrected chi connectivity index (χ0v) is 9.78. The number of nitrogens with zero attached hydrogens (tertiary/aromatic N) is 1. The number of nitrogens with one attached hydrogen (secondary N) is 1. The summed E-state index contributed by atoms with van der Waals surface area (Å²) < 4.78 is 22.4. The summed E-state index contributed by atoms with van der Waals surface area (Å²) >= 11 is 0. The molecule has 0 saturated carbocycles. The van der Waals surface area contributed by atoms with Gasteiger partial charge in [0.15, 0.2) is 5.03 Å². The molecule has 0 aliphatic heterocycles. The highest BCUT2D eigenvalue weighted by Gasteiger charge is 2.20. The molecule has 0 saturated heterocycles. The number of hydrogen-bond donors (Lipinski definition) is 2. The molecular weight excluding hydrogens is 230 g/mol. The van der Waals surface area contributed by atoms with Crippen LogP contribution in [-0.4, -0.2) is 25.4 Å². The van der Waals surface area contributed by atoms with E-state index in [9.17, 15) is 13.2 Å². The predicted octanol–water partition coefficient (Wildman–Crippen LogP) is -0.133. The van der Waals surface area contributed by atoms with Gasteiger partial charge in [0.2, 0.25) is 0 Å². The van der Waals surface area contributed by atoms with Crippen LogP contribution in [-0.2, 0) is 10.0 Å². The summed E-state index contributed by atoms with van der Waals surface area (Å²) in [5.41, 5.74) is -0.0429. The van der Waals surface area contributed by atoms with Gasteiger partial charge in [-0.15, -0.1) is 0 Å². The number of carbonyl (C=O) groups excluding carboxylic acids is 1. The first-order chi connectivity index (χ1) is 7.32. The van der Waals surface area contributed by atoms with E-state index in [-0.39, 0.29) is 11.6 Å². The first-order valence-corrected chi connectivity index (χ1v) is 6.15. The number of carbonyl (C=O) groups is 1. The number of sulfonamides is 1. The normalized spacial score (nSPS) is 11.5. The SMILES string of the molecule is CC(C)NC(=O)c1cccnc1S(N)(=O)=O. The van der Waals surface area contributed by atoms with Gasteiger partial charge in [0.1, 0.15) is 0 Å². The number of primary sulfonamides is 1. The Balaban J connectivity index is 3.19. The monoisotopic (exact) mass is 243 g/mol. The second-order valence-corrected chi connectivity index (χ2v) is 5.01. The number of rotatable bonds is 3. The molecule has 6 nitrogen and oxygen atoms in total. The molecule has 1 heterocycles. The zero-order valence-electron chi connectivity index (χ0n) is 8.97. The Labute approximate surface area is 93.9 Å². The van der Waals surface area contributed by atoms with Crippen LogP contribution in [0.3, 0.4) is 0 Å². The lowest BCUT2D eigenvalue weighted by Crippen LogP contribution is -2.32. The fraction of sp³-hybridized carbons (Fsp3) is 0.333. The van der Waals surface area contributed by atoms with Crippen molar-refractivity contribution in [1.29, 1.82) is 0 Å². The highest BCUT2D eigenvalue weighted by Crippen LogP contribution is 2.10. The number of nitrogens with two attached hydrogens (primary N) is 1. The molecular formula is C9H13N3O3S. The van der Waals surface area contributed by atoms with Crippen LogP contribution in [0.1, 0.15) is 24.2 Å². The van der Waals surface area contributed by atoms with Crippen molar-refractivity contribution in [2.24, 2.45) is 5.14 Å². The zero-order chi connectivity index (χ0) is 12.3. The molecule has 1 amide bonds. The molecule has 7 heteroatoms. The lowest BCUT2D eigenvalue weighted by molar-refractivity contribution is 0.0939. The molecule has 0 fully saturated rings. The van der Waals surface area contributed by atoms with E-state index < -0.39 is 21.0 Å². The summed E-state index contributed by atoms with van der Waals surface area (Å²) in [6.07, 6.45) is 1.27. The number of pyridine rings is 1. The molecule has 0 bridgehead atoms. The lowest BCUT2D eigenvalue weighted by Gasteiger charge is -2.10. The minimum Gasteiger partial charge on any atom is -0.350 e. The van der Waals surface area contributed by atoms with E-state index in [1.54, 1.807) is 13.8 Å². The lowest BCUT2D eigenvalue weighted by atomic mass is 10.2. The first kappa shape index (κ1) is 12.6. The van der Waals surface area contributed by atoms with Crippen LogP contribution in [0.5, 0.6) is 0 Å². The number of hydrogen-bond acceptors (Lipinski definition) is 4. The third kappa shape index (κ3) is 3.01. The van der Waals surface area contributed by atoms with Crippen molar-refractivity contribution in [3.63, 3.8) is 0 Å². The molecule has 0 spiro atoms. The Bertz CT molecular complexity index is 496. The van der Waals surface area contributed by atoms with Gasteiger partial charge in [0.05, 0.1) is 5.56 Å². The average Bonchev–Trinajstić information content (AvgIpc) is 2.15. The average molecular weight is 243 g/mol. The standard InChI is InChI=1S/C9H13N3O3S/c1-6(2)12-8(13)7-4-3-5-11-9(7)16(10,14)15/h3-6H,1-2H3,(H,12,13)(H2,10,14,15). The van der Waals surface area contributed by atoms with Crippen molar-refractivity contribution in [2.45, 2.75) is 24.9 Å². The molecule has 0 atom stereocenters. The molecule has 1 rings (SSSR count). The van der Waals surface area contributed by atoms with Gasteiger partial charge in [-0.2, -0.15) is 0 Å². The summed E-state index contributed by atoms with van der Waals surface area (Å²) in [5.74, 6) is -0.507. The van der Waals surface area contributed by atoms with Crippen molar-refractivity contribution in [3.8, 4) is 0 Å². The van der Waals surface area contributed by atoms with E-state index in [0.29, 0.717) is 0 Å². The fourth-order valence-corrected chi connectivity index (χ4v) is 1.81. The van der Waals surface area contributed by atoms with Crippen molar-refractivity contribution >= 4 is 15.9 Å². The molecule has 16 heavy (non-hydrogen) atoms. The maximum absolute atomic E-state index is 11.7. The molecule has 0 unspecified atom stereocenters. The maximum atomic E-state index is 11.7. The van der Waals surface area contributed by atoms with E-state index in [0.717, 1.165) is 0 Å². The van der Waals surface area contributed by atoms with Gasteiger partial charge >= 0.3 is 0 Å².